The van der Waals surface area contributed by atoms with Crippen LogP contribution in [0.5, 0.6) is 5.75 Å². The molecule has 0 aliphatic rings. The second kappa shape index (κ2) is 8.41. The molecule has 1 unspecified atom stereocenters. The quantitative estimate of drug-likeness (QED) is 0.814. The van der Waals surface area contributed by atoms with Crippen molar-refractivity contribution in [1.29, 1.82) is 0 Å². The van der Waals surface area contributed by atoms with E-state index in [1.807, 2.05) is 39.8 Å². The molecule has 0 bridgehead atoms. The Labute approximate surface area is 132 Å². The maximum Gasteiger partial charge on any atom is 0.247 e. The van der Waals surface area contributed by atoms with Crippen molar-refractivity contribution in [3.8, 4) is 5.75 Å². The van der Waals surface area contributed by atoms with Crippen LogP contribution in [0.3, 0.4) is 0 Å². The minimum absolute atomic E-state index is 0.00850. The average Bonchev–Trinajstić information content (AvgIpc) is 2.44. The fourth-order valence-corrected chi connectivity index (χ4v) is 2.10. The van der Waals surface area contributed by atoms with Gasteiger partial charge in [-0.3, -0.25) is 9.59 Å². The number of para-hydroxylation sites is 2. The van der Waals surface area contributed by atoms with Gasteiger partial charge in [0.05, 0.1) is 12.8 Å². The van der Waals surface area contributed by atoms with E-state index in [4.69, 9.17) is 4.74 Å². The fraction of sp³-hybridized carbons (Fsp3) is 0.529. The molecule has 0 spiro atoms. The molecular formula is C17H26N2O3. The third kappa shape index (κ3) is 5.39. The Morgan fingerprint density at radius 2 is 1.77 bits per heavy atom. The van der Waals surface area contributed by atoms with Crippen molar-refractivity contribution in [1.82, 2.24) is 5.32 Å². The van der Waals surface area contributed by atoms with E-state index >= 15 is 0 Å². The van der Waals surface area contributed by atoms with Crippen LogP contribution >= 0.6 is 0 Å². The van der Waals surface area contributed by atoms with E-state index in [2.05, 4.69) is 10.6 Å². The van der Waals surface area contributed by atoms with Crippen molar-refractivity contribution in [3.05, 3.63) is 24.3 Å². The molecule has 1 rings (SSSR count). The standard InChI is InChI=1S/C17H26N2O3/c1-11(2)10-15(20)19-16(12(3)4)17(21)18-13-8-6-7-9-14(13)22-5/h6-9,11-12,16H,10H2,1-5H3,(H,18,21)(H,19,20). The van der Waals surface area contributed by atoms with E-state index < -0.39 is 6.04 Å². The summed E-state index contributed by atoms with van der Waals surface area (Å²) in [5.41, 5.74) is 0.596. The van der Waals surface area contributed by atoms with E-state index in [9.17, 15) is 9.59 Å². The Hall–Kier alpha value is -2.04. The number of carbonyl (C=O) groups excluding carboxylic acids is 2. The zero-order chi connectivity index (χ0) is 16.7. The summed E-state index contributed by atoms with van der Waals surface area (Å²) < 4.78 is 5.22. The topological polar surface area (TPSA) is 67.4 Å². The van der Waals surface area contributed by atoms with Gasteiger partial charge in [0.25, 0.3) is 0 Å². The van der Waals surface area contributed by atoms with Crippen molar-refractivity contribution >= 4 is 17.5 Å². The molecule has 122 valence electrons. The molecule has 0 saturated heterocycles. The van der Waals surface area contributed by atoms with Crippen LogP contribution in [-0.4, -0.2) is 25.0 Å². The second-order valence-electron chi connectivity index (χ2n) is 6.08. The van der Waals surface area contributed by atoms with Gasteiger partial charge in [0.1, 0.15) is 11.8 Å². The number of amides is 2. The molecule has 0 aromatic heterocycles. The van der Waals surface area contributed by atoms with Crippen LogP contribution in [0.15, 0.2) is 24.3 Å². The summed E-state index contributed by atoms with van der Waals surface area (Å²) in [6.45, 7) is 7.75. The molecule has 22 heavy (non-hydrogen) atoms. The van der Waals surface area contributed by atoms with E-state index in [1.54, 1.807) is 19.2 Å². The van der Waals surface area contributed by atoms with E-state index in [0.29, 0.717) is 17.9 Å². The molecule has 0 fully saturated rings. The number of nitrogens with one attached hydrogen (secondary N) is 2. The van der Waals surface area contributed by atoms with Crippen LogP contribution in [0, 0.1) is 11.8 Å². The van der Waals surface area contributed by atoms with Gasteiger partial charge in [-0.25, -0.2) is 0 Å². The molecule has 2 amide bonds. The van der Waals surface area contributed by atoms with Crippen molar-refractivity contribution in [2.75, 3.05) is 12.4 Å². The molecule has 0 aliphatic carbocycles. The Balaban J connectivity index is 2.79. The average molecular weight is 306 g/mol. The van der Waals surface area contributed by atoms with Gasteiger partial charge in [0, 0.05) is 6.42 Å². The summed E-state index contributed by atoms with van der Waals surface area (Å²) in [5.74, 6) is 0.489. The normalized spacial score (nSPS) is 12.1. The van der Waals surface area contributed by atoms with Crippen LogP contribution in [0.25, 0.3) is 0 Å². The number of methoxy groups -OCH3 is 1. The maximum absolute atomic E-state index is 12.5. The number of rotatable bonds is 7. The SMILES string of the molecule is COc1ccccc1NC(=O)C(NC(=O)CC(C)C)C(C)C. The van der Waals surface area contributed by atoms with Gasteiger partial charge < -0.3 is 15.4 Å². The molecule has 0 heterocycles. The third-order valence-corrected chi connectivity index (χ3v) is 3.22. The monoisotopic (exact) mass is 306 g/mol. The summed E-state index contributed by atoms with van der Waals surface area (Å²) in [4.78, 5) is 24.4. The van der Waals surface area contributed by atoms with Gasteiger partial charge >= 0.3 is 0 Å². The maximum atomic E-state index is 12.5. The third-order valence-electron chi connectivity index (χ3n) is 3.22. The number of ether oxygens (including phenoxy) is 1. The molecule has 0 saturated carbocycles. The van der Waals surface area contributed by atoms with Gasteiger partial charge in [-0.15, -0.1) is 0 Å². The van der Waals surface area contributed by atoms with Crippen LogP contribution in [-0.2, 0) is 9.59 Å². The minimum Gasteiger partial charge on any atom is -0.495 e. The largest absolute Gasteiger partial charge is 0.495 e. The Morgan fingerprint density at radius 3 is 2.32 bits per heavy atom. The molecule has 0 radical (unpaired) electrons. The predicted octanol–water partition coefficient (Wildman–Crippen LogP) is 2.82. The highest BCUT2D eigenvalue weighted by molar-refractivity contribution is 5.98. The van der Waals surface area contributed by atoms with E-state index in [0.717, 1.165) is 0 Å². The molecule has 2 N–H and O–H groups in total. The highest BCUT2D eigenvalue weighted by Gasteiger charge is 2.25. The summed E-state index contributed by atoms with van der Waals surface area (Å²) in [6, 6.07) is 6.62. The first-order valence-corrected chi connectivity index (χ1v) is 7.58. The summed E-state index contributed by atoms with van der Waals surface area (Å²) >= 11 is 0. The molecule has 5 heteroatoms. The lowest BCUT2D eigenvalue weighted by molar-refractivity contribution is -0.127. The van der Waals surface area contributed by atoms with E-state index in [-0.39, 0.29) is 23.7 Å². The summed E-state index contributed by atoms with van der Waals surface area (Å²) in [6.07, 6.45) is 0.408. The number of carbonyl (C=O) groups is 2. The smallest absolute Gasteiger partial charge is 0.247 e. The van der Waals surface area contributed by atoms with Crippen molar-refractivity contribution in [2.45, 2.75) is 40.2 Å². The molecule has 1 aromatic rings. The van der Waals surface area contributed by atoms with Gasteiger partial charge in [-0.2, -0.15) is 0 Å². The van der Waals surface area contributed by atoms with Crippen LogP contribution < -0.4 is 15.4 Å². The zero-order valence-electron chi connectivity index (χ0n) is 14.0. The lowest BCUT2D eigenvalue weighted by atomic mass is 10.0. The molecular weight excluding hydrogens is 280 g/mol. The lowest BCUT2D eigenvalue weighted by Crippen LogP contribution is -2.47. The predicted molar refractivity (Wildman–Crippen MR) is 87.8 cm³/mol. The minimum atomic E-state index is -0.573. The first-order chi connectivity index (χ1) is 10.3. The summed E-state index contributed by atoms with van der Waals surface area (Å²) in [5, 5.41) is 5.64. The van der Waals surface area contributed by atoms with Crippen molar-refractivity contribution in [3.63, 3.8) is 0 Å². The zero-order valence-corrected chi connectivity index (χ0v) is 14.0. The highest BCUT2D eigenvalue weighted by Crippen LogP contribution is 2.23. The van der Waals surface area contributed by atoms with Gasteiger partial charge in [-0.05, 0) is 24.0 Å². The first-order valence-electron chi connectivity index (χ1n) is 7.58. The number of hydrogen-bond donors (Lipinski definition) is 2. The van der Waals surface area contributed by atoms with Gasteiger partial charge in [0.15, 0.2) is 0 Å². The molecule has 1 atom stereocenters. The molecule has 1 aromatic carbocycles. The van der Waals surface area contributed by atoms with Crippen molar-refractivity contribution in [2.24, 2.45) is 11.8 Å². The molecule has 5 nitrogen and oxygen atoms in total. The highest BCUT2D eigenvalue weighted by atomic mass is 16.5. The van der Waals surface area contributed by atoms with Crippen LogP contribution in [0.2, 0.25) is 0 Å². The van der Waals surface area contributed by atoms with Crippen molar-refractivity contribution < 1.29 is 14.3 Å². The first kappa shape index (κ1) is 18.0. The number of benzene rings is 1. The second-order valence-corrected chi connectivity index (χ2v) is 6.08. The molecule has 0 aliphatic heterocycles. The van der Waals surface area contributed by atoms with Gasteiger partial charge in [0.2, 0.25) is 11.8 Å². The number of anilines is 1. The Morgan fingerprint density at radius 1 is 1.14 bits per heavy atom. The lowest BCUT2D eigenvalue weighted by Gasteiger charge is -2.22. The number of hydrogen-bond acceptors (Lipinski definition) is 3. The Kier molecular flexibility index (Phi) is 6.89. The Bertz CT molecular complexity index is 512. The van der Waals surface area contributed by atoms with Crippen LogP contribution in [0.1, 0.15) is 34.1 Å². The fourth-order valence-electron chi connectivity index (χ4n) is 2.10. The van der Waals surface area contributed by atoms with E-state index in [1.165, 1.54) is 0 Å². The van der Waals surface area contributed by atoms with Crippen LogP contribution in [0.4, 0.5) is 5.69 Å². The summed E-state index contributed by atoms with van der Waals surface area (Å²) in [7, 11) is 1.55. The van der Waals surface area contributed by atoms with Gasteiger partial charge in [-0.1, -0.05) is 39.8 Å².